The Balaban J connectivity index is 1.59. The predicted octanol–water partition coefficient (Wildman–Crippen LogP) is 3.36. The molecule has 146 valence electrons. The van der Waals surface area contributed by atoms with E-state index >= 15 is 0 Å². The summed E-state index contributed by atoms with van der Waals surface area (Å²) in [6, 6.07) is 8.55. The van der Waals surface area contributed by atoms with Gasteiger partial charge in [-0.15, -0.1) is 16.4 Å². The monoisotopic (exact) mass is 424 g/mol. The Kier molecular flexibility index (Phi) is 7.31. The lowest BCUT2D eigenvalue weighted by Gasteiger charge is -2.19. The van der Waals surface area contributed by atoms with Gasteiger partial charge in [-0.1, -0.05) is 23.5 Å². The fraction of sp³-hybridized carbons (Fsp3) is 0.500. The van der Waals surface area contributed by atoms with Crippen molar-refractivity contribution in [1.82, 2.24) is 14.8 Å². The van der Waals surface area contributed by atoms with Crippen molar-refractivity contribution in [3.05, 3.63) is 33.2 Å². The Morgan fingerprint density at radius 2 is 2.15 bits per heavy atom. The number of aromatic nitrogens is 3. The highest BCUT2D eigenvalue weighted by Crippen LogP contribution is 2.24. The van der Waals surface area contributed by atoms with Crippen molar-refractivity contribution >= 4 is 50.2 Å². The molecule has 3 rings (SSSR count). The molecule has 0 spiro atoms. The van der Waals surface area contributed by atoms with Crippen LogP contribution in [0.25, 0.3) is 10.2 Å². The maximum atomic E-state index is 5.50. The van der Waals surface area contributed by atoms with E-state index in [1.807, 2.05) is 17.7 Å². The number of ether oxygens (including phenoxy) is 1. The van der Waals surface area contributed by atoms with Gasteiger partial charge in [-0.25, -0.2) is 4.98 Å². The van der Waals surface area contributed by atoms with Crippen LogP contribution in [-0.2, 0) is 11.4 Å². The van der Waals surface area contributed by atoms with Crippen LogP contribution in [0.15, 0.2) is 24.3 Å². The van der Waals surface area contributed by atoms with Crippen molar-refractivity contribution in [2.24, 2.45) is 0 Å². The molecule has 27 heavy (non-hydrogen) atoms. The number of benzene rings is 1. The standard InChI is InChI=1S/C18H25N5OS3/c1-4-24-11-7-10-19-17-21-23(18(25)27-17)12-22(3)13(2)16-20-14-8-5-6-9-15(14)26-16/h5-6,8-9,13H,4,7,10-12H2,1-3H3,(H,19,21)/p+1/t13-/m0/s1. The average Bonchev–Trinajstić information content (AvgIpc) is 3.24. The summed E-state index contributed by atoms with van der Waals surface area (Å²) in [5.41, 5.74) is 1.07. The second kappa shape index (κ2) is 9.70. The molecule has 0 saturated heterocycles. The summed E-state index contributed by atoms with van der Waals surface area (Å²) in [6.07, 6.45) is 0.958. The van der Waals surface area contributed by atoms with Crippen molar-refractivity contribution < 1.29 is 9.64 Å². The van der Waals surface area contributed by atoms with E-state index in [4.69, 9.17) is 21.9 Å². The molecule has 0 bridgehead atoms. The molecule has 9 heteroatoms. The Bertz CT molecular complexity index is 886. The molecular formula is C18H26N5OS3+. The summed E-state index contributed by atoms with van der Waals surface area (Å²) >= 11 is 8.78. The van der Waals surface area contributed by atoms with E-state index in [2.05, 4.69) is 42.6 Å². The summed E-state index contributed by atoms with van der Waals surface area (Å²) in [5.74, 6) is 0. The fourth-order valence-electron chi connectivity index (χ4n) is 2.65. The molecule has 0 saturated carbocycles. The van der Waals surface area contributed by atoms with Crippen LogP contribution < -0.4 is 10.2 Å². The van der Waals surface area contributed by atoms with Gasteiger partial charge in [0, 0.05) is 19.8 Å². The minimum absolute atomic E-state index is 0.272. The number of quaternary nitrogens is 1. The van der Waals surface area contributed by atoms with Crippen LogP contribution in [-0.4, -0.2) is 41.6 Å². The maximum absolute atomic E-state index is 5.50. The Morgan fingerprint density at radius 1 is 1.33 bits per heavy atom. The predicted molar refractivity (Wildman–Crippen MR) is 115 cm³/mol. The number of nitrogens with one attached hydrogen (secondary N) is 2. The first-order chi connectivity index (χ1) is 13.1. The normalized spacial score (nSPS) is 13.7. The summed E-state index contributed by atoms with van der Waals surface area (Å²) < 4.78 is 9.28. The van der Waals surface area contributed by atoms with Crippen molar-refractivity contribution in [2.75, 3.05) is 32.1 Å². The summed E-state index contributed by atoms with van der Waals surface area (Å²) in [6.45, 7) is 7.29. The van der Waals surface area contributed by atoms with Crippen molar-refractivity contribution in [3.63, 3.8) is 0 Å². The Morgan fingerprint density at radius 3 is 2.93 bits per heavy atom. The van der Waals surface area contributed by atoms with Gasteiger partial charge in [0.25, 0.3) is 0 Å². The van der Waals surface area contributed by atoms with Crippen LogP contribution in [0.5, 0.6) is 0 Å². The minimum Gasteiger partial charge on any atom is -0.382 e. The largest absolute Gasteiger partial charge is 0.382 e. The highest BCUT2D eigenvalue weighted by molar-refractivity contribution is 7.73. The molecule has 0 radical (unpaired) electrons. The van der Waals surface area contributed by atoms with E-state index in [9.17, 15) is 0 Å². The molecule has 2 heterocycles. The number of hydrogen-bond acceptors (Lipinski definition) is 7. The zero-order valence-electron chi connectivity index (χ0n) is 15.9. The van der Waals surface area contributed by atoms with Crippen LogP contribution >= 0.6 is 34.9 Å². The lowest BCUT2D eigenvalue weighted by atomic mass is 10.3. The zero-order valence-corrected chi connectivity index (χ0v) is 18.3. The van der Waals surface area contributed by atoms with Gasteiger partial charge in [0.15, 0.2) is 15.6 Å². The van der Waals surface area contributed by atoms with Crippen molar-refractivity contribution in [3.8, 4) is 0 Å². The lowest BCUT2D eigenvalue weighted by Crippen LogP contribution is -3.08. The van der Waals surface area contributed by atoms with Gasteiger partial charge in [0.2, 0.25) is 5.13 Å². The van der Waals surface area contributed by atoms with E-state index in [1.165, 1.54) is 20.9 Å². The lowest BCUT2D eigenvalue weighted by molar-refractivity contribution is -0.933. The van der Waals surface area contributed by atoms with E-state index in [0.29, 0.717) is 6.67 Å². The van der Waals surface area contributed by atoms with E-state index in [1.54, 1.807) is 11.3 Å². The quantitative estimate of drug-likeness (QED) is 0.386. The molecular weight excluding hydrogens is 398 g/mol. The molecule has 2 N–H and O–H groups in total. The van der Waals surface area contributed by atoms with Crippen LogP contribution in [0.1, 0.15) is 31.3 Å². The number of para-hydroxylation sites is 1. The van der Waals surface area contributed by atoms with E-state index < -0.39 is 0 Å². The number of fused-ring (bicyclic) bond motifs is 1. The summed E-state index contributed by atoms with van der Waals surface area (Å²) in [5, 5.41) is 9.98. The van der Waals surface area contributed by atoms with Crippen molar-refractivity contribution in [1.29, 1.82) is 0 Å². The number of anilines is 1. The highest BCUT2D eigenvalue weighted by Gasteiger charge is 2.20. The van der Waals surface area contributed by atoms with Crippen LogP contribution in [0.2, 0.25) is 0 Å². The first-order valence-electron chi connectivity index (χ1n) is 9.15. The van der Waals surface area contributed by atoms with Gasteiger partial charge in [-0.2, -0.15) is 4.68 Å². The molecule has 1 unspecified atom stereocenters. The van der Waals surface area contributed by atoms with Crippen LogP contribution in [0, 0.1) is 3.95 Å². The second-order valence-electron chi connectivity index (χ2n) is 6.40. The van der Waals surface area contributed by atoms with E-state index in [0.717, 1.165) is 45.8 Å². The third kappa shape index (κ3) is 5.32. The topological polar surface area (TPSA) is 56.4 Å². The Labute approximate surface area is 172 Å². The molecule has 0 aliphatic heterocycles. The summed E-state index contributed by atoms with van der Waals surface area (Å²) in [4.78, 5) is 6.09. The third-order valence-electron chi connectivity index (χ3n) is 4.37. The molecule has 2 atom stereocenters. The van der Waals surface area contributed by atoms with Crippen LogP contribution in [0.4, 0.5) is 5.13 Å². The molecule has 0 amide bonds. The molecule has 0 aliphatic rings. The molecule has 2 aromatic heterocycles. The van der Waals surface area contributed by atoms with Crippen molar-refractivity contribution in [2.45, 2.75) is 33.0 Å². The van der Waals surface area contributed by atoms with E-state index in [-0.39, 0.29) is 6.04 Å². The number of hydrogen-bond donors (Lipinski definition) is 2. The number of nitrogens with zero attached hydrogens (tertiary/aromatic N) is 3. The number of rotatable bonds is 10. The average molecular weight is 425 g/mol. The SMILES string of the molecule is CCOCCCNc1nn(C[NH+](C)[C@@H](C)c2nc3ccccc3s2)c(=S)s1. The second-order valence-corrected chi connectivity index (χ2v) is 9.08. The molecule has 3 aromatic rings. The van der Waals surface area contributed by atoms with Gasteiger partial charge in [0.1, 0.15) is 6.04 Å². The summed E-state index contributed by atoms with van der Waals surface area (Å²) in [7, 11) is 2.16. The number of thiazole rings is 1. The first-order valence-corrected chi connectivity index (χ1v) is 11.2. The zero-order chi connectivity index (χ0) is 19.2. The van der Waals surface area contributed by atoms with Gasteiger partial charge in [-0.3, -0.25) is 0 Å². The smallest absolute Gasteiger partial charge is 0.204 e. The fourth-order valence-corrected chi connectivity index (χ4v) is 4.79. The van der Waals surface area contributed by atoms with Crippen LogP contribution in [0.3, 0.4) is 0 Å². The molecule has 6 nitrogen and oxygen atoms in total. The minimum atomic E-state index is 0.272. The molecule has 0 aliphatic carbocycles. The molecule has 0 fully saturated rings. The van der Waals surface area contributed by atoms with Gasteiger partial charge < -0.3 is 15.0 Å². The maximum Gasteiger partial charge on any atom is 0.204 e. The van der Waals surface area contributed by atoms with Gasteiger partial charge in [0.05, 0.1) is 17.3 Å². The van der Waals surface area contributed by atoms with Gasteiger partial charge in [-0.05, 0) is 44.6 Å². The van der Waals surface area contributed by atoms with Gasteiger partial charge >= 0.3 is 0 Å². The molecule has 1 aromatic carbocycles. The Hall–Kier alpha value is -1.39. The highest BCUT2D eigenvalue weighted by atomic mass is 32.1. The third-order valence-corrected chi connectivity index (χ3v) is 6.86. The first kappa shape index (κ1) is 20.3.